The molecule has 1 aliphatic rings. The molecule has 2 aromatic carbocycles. The van der Waals surface area contributed by atoms with Crippen molar-refractivity contribution in [2.45, 2.75) is 0 Å². The third-order valence-corrected chi connectivity index (χ3v) is 5.34. The van der Waals surface area contributed by atoms with E-state index in [0.29, 0.717) is 36.9 Å². The Morgan fingerprint density at radius 3 is 2.33 bits per heavy atom. The average Bonchev–Trinajstić information content (AvgIpc) is 3.00. The van der Waals surface area contributed by atoms with E-state index in [9.17, 15) is 9.59 Å². The van der Waals surface area contributed by atoms with Crippen LogP contribution >= 0.6 is 34.5 Å². The Balaban J connectivity index is 1.73. The minimum absolute atomic E-state index is 0.181. The van der Waals surface area contributed by atoms with Crippen molar-refractivity contribution in [3.05, 3.63) is 74.2 Å². The summed E-state index contributed by atoms with van der Waals surface area (Å²) < 4.78 is 0. The maximum atomic E-state index is 12.6. The van der Waals surface area contributed by atoms with E-state index in [2.05, 4.69) is 10.3 Å². The van der Waals surface area contributed by atoms with Gasteiger partial charge in [-0.3, -0.25) is 9.59 Å². The monoisotopic (exact) mass is 374 g/mol. The van der Waals surface area contributed by atoms with Gasteiger partial charge in [-0.05, 0) is 18.2 Å². The van der Waals surface area contributed by atoms with Gasteiger partial charge in [-0.25, -0.2) is 4.98 Å². The molecule has 1 aromatic heterocycles. The second-order valence-corrected chi connectivity index (χ2v) is 6.97. The molecule has 0 fully saturated rings. The molecule has 1 heterocycles. The standard InChI is InChI=1S/C17H8Cl2N2O2S/c18-11-6-5-8(7-12(11)19)20-17-21-13-14(22)9-3-1-2-4-10(9)15(23)16(13)24-17/h1-7H,(H,20,21). The fraction of sp³-hybridized carbons (Fsp3) is 0. The van der Waals surface area contributed by atoms with Gasteiger partial charge in [0.05, 0.1) is 10.0 Å². The second kappa shape index (κ2) is 5.70. The van der Waals surface area contributed by atoms with Crippen LogP contribution < -0.4 is 5.32 Å². The van der Waals surface area contributed by atoms with Crippen LogP contribution in [0.3, 0.4) is 0 Å². The lowest BCUT2D eigenvalue weighted by Crippen LogP contribution is -2.19. The highest BCUT2D eigenvalue weighted by atomic mass is 35.5. The van der Waals surface area contributed by atoms with E-state index in [4.69, 9.17) is 23.2 Å². The number of carbonyl (C=O) groups excluding carboxylic acids is 2. The second-order valence-electron chi connectivity index (χ2n) is 5.15. The Morgan fingerprint density at radius 2 is 1.62 bits per heavy atom. The molecule has 3 aromatic rings. The molecule has 24 heavy (non-hydrogen) atoms. The SMILES string of the molecule is O=C1c2ccccc2C(=O)c2sc(Nc3ccc(Cl)c(Cl)c3)nc21. The van der Waals surface area contributed by atoms with Crippen LogP contribution in [0.1, 0.15) is 31.3 Å². The van der Waals surface area contributed by atoms with Gasteiger partial charge in [0.1, 0.15) is 10.6 Å². The van der Waals surface area contributed by atoms with E-state index in [0.717, 1.165) is 11.3 Å². The summed E-state index contributed by atoms with van der Waals surface area (Å²) in [6.07, 6.45) is 0. The van der Waals surface area contributed by atoms with E-state index in [1.165, 1.54) is 0 Å². The number of hydrogen-bond acceptors (Lipinski definition) is 5. The molecule has 0 aliphatic heterocycles. The van der Waals surface area contributed by atoms with Crippen LogP contribution in [0.25, 0.3) is 0 Å². The van der Waals surface area contributed by atoms with Crippen molar-refractivity contribution < 1.29 is 9.59 Å². The van der Waals surface area contributed by atoms with Gasteiger partial charge in [-0.15, -0.1) is 0 Å². The van der Waals surface area contributed by atoms with Gasteiger partial charge in [0, 0.05) is 16.8 Å². The number of fused-ring (bicyclic) bond motifs is 2. The number of nitrogens with zero attached hydrogens (tertiary/aromatic N) is 1. The van der Waals surface area contributed by atoms with Crippen molar-refractivity contribution in [2.24, 2.45) is 0 Å². The number of benzene rings is 2. The van der Waals surface area contributed by atoms with Crippen LogP contribution in [-0.2, 0) is 0 Å². The van der Waals surface area contributed by atoms with Crippen molar-refractivity contribution in [3.63, 3.8) is 0 Å². The lowest BCUT2D eigenvalue weighted by atomic mass is 9.91. The van der Waals surface area contributed by atoms with Gasteiger partial charge in [-0.1, -0.05) is 58.8 Å². The number of rotatable bonds is 2. The summed E-state index contributed by atoms with van der Waals surface area (Å²) in [6, 6.07) is 11.8. The zero-order valence-electron chi connectivity index (χ0n) is 12.0. The smallest absolute Gasteiger partial charge is 0.213 e. The molecule has 0 saturated heterocycles. The summed E-state index contributed by atoms with van der Waals surface area (Å²) in [7, 11) is 0. The van der Waals surface area contributed by atoms with Crippen molar-refractivity contribution in [1.29, 1.82) is 0 Å². The first-order valence-electron chi connectivity index (χ1n) is 6.96. The first kappa shape index (κ1) is 15.3. The van der Waals surface area contributed by atoms with Crippen molar-refractivity contribution in [1.82, 2.24) is 4.98 Å². The molecule has 1 N–H and O–H groups in total. The number of aromatic nitrogens is 1. The average molecular weight is 375 g/mol. The predicted octanol–water partition coefficient (Wildman–Crippen LogP) is 4.97. The van der Waals surface area contributed by atoms with E-state index < -0.39 is 0 Å². The zero-order chi connectivity index (χ0) is 16.8. The Hall–Kier alpha value is -2.21. The van der Waals surface area contributed by atoms with Crippen molar-refractivity contribution in [3.8, 4) is 0 Å². The first-order valence-corrected chi connectivity index (χ1v) is 8.53. The third-order valence-electron chi connectivity index (χ3n) is 3.64. The van der Waals surface area contributed by atoms with E-state index in [-0.39, 0.29) is 17.3 Å². The maximum Gasteiger partial charge on any atom is 0.213 e. The Labute approximate surface area is 151 Å². The lowest BCUT2D eigenvalue weighted by Gasteiger charge is -2.11. The van der Waals surface area contributed by atoms with Crippen molar-refractivity contribution >= 4 is 56.9 Å². The van der Waals surface area contributed by atoms with Gasteiger partial charge < -0.3 is 5.32 Å². The summed E-state index contributed by atoms with van der Waals surface area (Å²) in [4.78, 5) is 29.8. The molecule has 118 valence electrons. The number of anilines is 2. The minimum Gasteiger partial charge on any atom is -0.331 e. The topological polar surface area (TPSA) is 59.1 Å². The normalized spacial score (nSPS) is 12.8. The van der Waals surface area contributed by atoms with Gasteiger partial charge >= 0.3 is 0 Å². The lowest BCUT2D eigenvalue weighted by molar-refractivity contribution is 0.0979. The molecule has 0 unspecified atom stereocenters. The quantitative estimate of drug-likeness (QED) is 0.538. The number of nitrogens with one attached hydrogen (secondary N) is 1. The van der Waals surface area contributed by atoms with Gasteiger partial charge in [0.2, 0.25) is 11.6 Å². The Kier molecular flexibility index (Phi) is 3.64. The molecule has 0 spiro atoms. The fourth-order valence-electron chi connectivity index (χ4n) is 2.51. The van der Waals surface area contributed by atoms with Gasteiger partial charge in [0.25, 0.3) is 0 Å². The number of hydrogen-bond donors (Lipinski definition) is 1. The fourth-order valence-corrected chi connectivity index (χ4v) is 3.74. The number of halogens is 2. The molecule has 0 amide bonds. The molecule has 0 atom stereocenters. The highest BCUT2D eigenvalue weighted by Gasteiger charge is 2.33. The van der Waals surface area contributed by atoms with E-state index in [1.807, 2.05) is 0 Å². The zero-order valence-corrected chi connectivity index (χ0v) is 14.3. The summed E-state index contributed by atoms with van der Waals surface area (Å²) in [5.74, 6) is -0.418. The maximum absolute atomic E-state index is 12.6. The molecule has 4 rings (SSSR count). The molecule has 1 aliphatic carbocycles. The van der Waals surface area contributed by atoms with Crippen LogP contribution in [0.4, 0.5) is 10.8 Å². The first-order chi connectivity index (χ1) is 11.5. The van der Waals surface area contributed by atoms with Gasteiger partial charge in [-0.2, -0.15) is 0 Å². The highest BCUT2D eigenvalue weighted by Crippen LogP contribution is 2.35. The third kappa shape index (κ3) is 2.41. The molecular weight excluding hydrogens is 367 g/mol. The van der Waals surface area contributed by atoms with Crippen LogP contribution in [0, 0.1) is 0 Å². The number of thiazole rings is 1. The van der Waals surface area contributed by atoms with Crippen LogP contribution in [-0.4, -0.2) is 16.6 Å². The van der Waals surface area contributed by atoms with Crippen molar-refractivity contribution in [2.75, 3.05) is 5.32 Å². The number of carbonyl (C=O) groups is 2. The summed E-state index contributed by atoms with van der Waals surface area (Å²) in [5, 5.41) is 4.36. The highest BCUT2D eigenvalue weighted by molar-refractivity contribution is 7.18. The molecule has 4 nitrogen and oxygen atoms in total. The van der Waals surface area contributed by atoms with E-state index >= 15 is 0 Å². The molecular formula is C17H8Cl2N2O2S. The molecule has 0 radical (unpaired) electrons. The van der Waals surface area contributed by atoms with Crippen LogP contribution in [0.15, 0.2) is 42.5 Å². The Bertz CT molecular complexity index is 961. The van der Waals surface area contributed by atoms with Crippen LogP contribution in [0.2, 0.25) is 10.0 Å². The largest absolute Gasteiger partial charge is 0.331 e. The molecule has 0 bridgehead atoms. The Morgan fingerprint density at radius 1 is 0.917 bits per heavy atom. The summed E-state index contributed by atoms with van der Waals surface area (Å²) >= 11 is 13.0. The van der Waals surface area contributed by atoms with Crippen LogP contribution in [0.5, 0.6) is 0 Å². The molecule has 7 heteroatoms. The van der Waals surface area contributed by atoms with E-state index in [1.54, 1.807) is 42.5 Å². The van der Waals surface area contributed by atoms with Gasteiger partial charge in [0.15, 0.2) is 5.13 Å². The number of ketones is 2. The minimum atomic E-state index is -0.237. The summed E-state index contributed by atoms with van der Waals surface area (Å²) in [6.45, 7) is 0. The predicted molar refractivity (Wildman–Crippen MR) is 95.2 cm³/mol. The summed E-state index contributed by atoms with van der Waals surface area (Å²) in [5.41, 5.74) is 1.67. The molecule has 0 saturated carbocycles.